The molecule has 1 unspecified atom stereocenters. The van der Waals surface area contributed by atoms with Crippen molar-refractivity contribution in [3.63, 3.8) is 0 Å². The van der Waals surface area contributed by atoms with Gasteiger partial charge in [-0.3, -0.25) is 0 Å². The number of ether oxygens (including phenoxy) is 1. The zero-order valence-corrected chi connectivity index (χ0v) is 16.4. The fraction of sp³-hybridized carbons (Fsp3) is 0.316. The molecule has 3 rings (SSSR count). The second-order valence-corrected chi connectivity index (χ2v) is 6.51. The number of fused-ring (bicyclic) bond motifs is 1. The van der Waals surface area contributed by atoms with Crippen LogP contribution in [0.5, 0.6) is 5.75 Å². The molecule has 7 nitrogen and oxygen atoms in total. The van der Waals surface area contributed by atoms with Crippen molar-refractivity contribution in [2.24, 2.45) is 0 Å². The number of esters is 1. The summed E-state index contributed by atoms with van der Waals surface area (Å²) in [6, 6.07) is 3.46. The summed E-state index contributed by atoms with van der Waals surface area (Å²) >= 11 is 6.01. The molecule has 0 aliphatic rings. The highest BCUT2D eigenvalue weighted by Gasteiger charge is 2.22. The number of halogens is 2. The van der Waals surface area contributed by atoms with E-state index in [9.17, 15) is 14.3 Å². The highest BCUT2D eigenvalue weighted by Crippen LogP contribution is 2.34. The Morgan fingerprint density at radius 2 is 2.14 bits per heavy atom. The van der Waals surface area contributed by atoms with Crippen LogP contribution in [-0.4, -0.2) is 32.3 Å². The second-order valence-electron chi connectivity index (χ2n) is 6.14. The minimum absolute atomic E-state index is 0.127. The Labute approximate surface area is 166 Å². The Balaban J connectivity index is 2.00. The first kappa shape index (κ1) is 19.9. The van der Waals surface area contributed by atoms with Crippen molar-refractivity contribution in [2.45, 2.75) is 33.2 Å². The molecule has 0 radical (unpaired) electrons. The zero-order valence-electron chi connectivity index (χ0n) is 15.7. The van der Waals surface area contributed by atoms with Crippen LogP contribution in [0.3, 0.4) is 0 Å². The predicted molar refractivity (Wildman–Crippen MR) is 103 cm³/mol. The van der Waals surface area contributed by atoms with E-state index < -0.39 is 17.8 Å². The molecule has 0 bridgehead atoms. The van der Waals surface area contributed by atoms with Crippen LogP contribution >= 0.6 is 11.6 Å². The summed E-state index contributed by atoms with van der Waals surface area (Å²) in [4.78, 5) is 16.8. The van der Waals surface area contributed by atoms with Gasteiger partial charge in [-0.15, -0.1) is 0 Å². The summed E-state index contributed by atoms with van der Waals surface area (Å²) in [6.45, 7) is 5.57. The van der Waals surface area contributed by atoms with E-state index in [0.717, 1.165) is 6.07 Å². The number of hydrogen-bond donors (Lipinski definition) is 2. The molecule has 28 heavy (non-hydrogen) atoms. The molecule has 2 heterocycles. The number of hydrogen-bond acceptors (Lipinski definition) is 6. The average Bonchev–Trinajstić information content (AvgIpc) is 3.03. The summed E-state index contributed by atoms with van der Waals surface area (Å²) in [6.07, 6.45) is 2.20. The predicted octanol–water partition coefficient (Wildman–Crippen LogP) is 4.14. The van der Waals surface area contributed by atoms with Crippen molar-refractivity contribution >= 4 is 29.0 Å². The summed E-state index contributed by atoms with van der Waals surface area (Å²) in [5, 5.41) is 17.3. The van der Waals surface area contributed by atoms with Crippen LogP contribution in [0.25, 0.3) is 5.65 Å². The van der Waals surface area contributed by atoms with Crippen LogP contribution in [0.1, 0.15) is 48.4 Å². The number of carbonyl (C=O) groups excluding carboxylic acids is 1. The second kappa shape index (κ2) is 8.02. The third kappa shape index (κ3) is 3.60. The van der Waals surface area contributed by atoms with E-state index in [2.05, 4.69) is 15.4 Å². The maximum absolute atomic E-state index is 13.8. The summed E-state index contributed by atoms with van der Waals surface area (Å²) < 4.78 is 20.4. The van der Waals surface area contributed by atoms with E-state index in [-0.39, 0.29) is 22.9 Å². The molecule has 0 fully saturated rings. The number of anilines is 1. The zero-order chi connectivity index (χ0) is 20.4. The van der Waals surface area contributed by atoms with Gasteiger partial charge in [0.2, 0.25) is 0 Å². The molecule has 0 spiro atoms. The normalized spacial score (nSPS) is 12.2. The Morgan fingerprint density at radius 1 is 1.39 bits per heavy atom. The van der Waals surface area contributed by atoms with E-state index in [1.54, 1.807) is 26.1 Å². The van der Waals surface area contributed by atoms with Crippen molar-refractivity contribution in [3.8, 4) is 5.75 Å². The number of rotatable bonds is 6. The largest absolute Gasteiger partial charge is 0.508 e. The first-order valence-corrected chi connectivity index (χ1v) is 9.23. The van der Waals surface area contributed by atoms with Crippen molar-refractivity contribution in [1.82, 2.24) is 14.6 Å². The topological polar surface area (TPSA) is 88.8 Å². The molecule has 0 saturated carbocycles. The van der Waals surface area contributed by atoms with E-state index in [4.69, 9.17) is 16.3 Å². The van der Waals surface area contributed by atoms with Crippen LogP contribution in [0.4, 0.5) is 10.2 Å². The lowest BCUT2D eigenvalue weighted by Gasteiger charge is -2.18. The van der Waals surface area contributed by atoms with Gasteiger partial charge >= 0.3 is 5.97 Å². The average molecular weight is 407 g/mol. The molecule has 2 N–H and O–H groups in total. The van der Waals surface area contributed by atoms with Crippen molar-refractivity contribution in [2.75, 3.05) is 11.9 Å². The maximum Gasteiger partial charge on any atom is 0.343 e. The number of phenols is 1. The van der Waals surface area contributed by atoms with Crippen LogP contribution in [0, 0.1) is 5.82 Å². The van der Waals surface area contributed by atoms with Crippen molar-refractivity contribution in [1.29, 1.82) is 0 Å². The number of aromatic nitrogens is 3. The van der Waals surface area contributed by atoms with Crippen LogP contribution in [0.2, 0.25) is 5.02 Å². The number of aromatic hydroxyl groups is 1. The van der Waals surface area contributed by atoms with Gasteiger partial charge in [-0.2, -0.15) is 5.10 Å². The Kier molecular flexibility index (Phi) is 5.69. The monoisotopic (exact) mass is 406 g/mol. The molecule has 0 amide bonds. The number of carbonyl (C=O) groups is 1. The molecule has 1 aromatic carbocycles. The van der Waals surface area contributed by atoms with E-state index in [0.29, 0.717) is 29.1 Å². The van der Waals surface area contributed by atoms with Gasteiger partial charge in [-0.05, 0) is 38.5 Å². The number of benzene rings is 1. The Bertz CT molecular complexity index is 1040. The number of phenolic OH excluding ortho intramolecular Hbond substituents is 1. The lowest BCUT2D eigenvalue weighted by atomic mass is 10.1. The third-order valence-corrected chi connectivity index (χ3v) is 4.66. The summed E-state index contributed by atoms with van der Waals surface area (Å²) in [7, 11) is 0. The quantitative estimate of drug-likeness (QED) is 0.598. The molecule has 0 aliphatic carbocycles. The van der Waals surface area contributed by atoms with Crippen molar-refractivity contribution in [3.05, 3.63) is 52.1 Å². The lowest BCUT2D eigenvalue weighted by Crippen LogP contribution is -2.11. The molecule has 2 aromatic heterocycles. The summed E-state index contributed by atoms with van der Waals surface area (Å²) in [5.41, 5.74) is 1.47. The first-order chi connectivity index (χ1) is 13.4. The SMILES string of the molecule is CCOC(=O)c1c(CC)nn2ccc(NC(C)c3c(O)ccc(F)c3Cl)nc12. The minimum Gasteiger partial charge on any atom is -0.508 e. The van der Waals surface area contributed by atoms with Gasteiger partial charge < -0.3 is 15.2 Å². The van der Waals surface area contributed by atoms with Crippen LogP contribution < -0.4 is 5.32 Å². The van der Waals surface area contributed by atoms with Gasteiger partial charge in [0.05, 0.1) is 23.4 Å². The first-order valence-electron chi connectivity index (χ1n) is 8.86. The Morgan fingerprint density at radius 3 is 2.82 bits per heavy atom. The van der Waals surface area contributed by atoms with E-state index in [1.807, 2.05) is 6.92 Å². The van der Waals surface area contributed by atoms with Gasteiger partial charge in [0.1, 0.15) is 22.9 Å². The molecule has 9 heteroatoms. The van der Waals surface area contributed by atoms with Crippen LogP contribution in [-0.2, 0) is 11.2 Å². The molecular formula is C19H20ClFN4O3. The molecule has 3 aromatic rings. The number of nitrogens with zero attached hydrogens (tertiary/aromatic N) is 3. The molecule has 148 valence electrons. The molecule has 1 atom stereocenters. The molecule has 0 saturated heterocycles. The van der Waals surface area contributed by atoms with Gasteiger partial charge in [-0.25, -0.2) is 18.7 Å². The minimum atomic E-state index is -0.625. The van der Waals surface area contributed by atoms with Gasteiger partial charge in [0, 0.05) is 11.8 Å². The number of aryl methyl sites for hydroxylation is 1. The van der Waals surface area contributed by atoms with Crippen LogP contribution in [0.15, 0.2) is 24.4 Å². The fourth-order valence-corrected chi connectivity index (χ4v) is 3.30. The molecular weight excluding hydrogens is 387 g/mol. The lowest BCUT2D eigenvalue weighted by molar-refractivity contribution is 0.0527. The van der Waals surface area contributed by atoms with Gasteiger partial charge in [0.25, 0.3) is 0 Å². The van der Waals surface area contributed by atoms with E-state index >= 15 is 0 Å². The van der Waals surface area contributed by atoms with Gasteiger partial charge in [-0.1, -0.05) is 18.5 Å². The number of nitrogens with one attached hydrogen (secondary N) is 1. The summed E-state index contributed by atoms with van der Waals surface area (Å²) in [5.74, 6) is -0.831. The third-order valence-electron chi connectivity index (χ3n) is 4.28. The Hall–Kier alpha value is -2.87. The smallest absolute Gasteiger partial charge is 0.343 e. The maximum atomic E-state index is 13.8. The molecule has 0 aliphatic heterocycles. The van der Waals surface area contributed by atoms with Gasteiger partial charge in [0.15, 0.2) is 5.65 Å². The fourth-order valence-electron chi connectivity index (χ4n) is 2.98. The highest BCUT2D eigenvalue weighted by atomic mass is 35.5. The van der Waals surface area contributed by atoms with E-state index in [1.165, 1.54) is 10.6 Å². The highest BCUT2D eigenvalue weighted by molar-refractivity contribution is 6.31. The standard InChI is InChI=1S/C19H20ClFN4O3/c1-4-12-16(19(27)28-5-2)18-23-14(8-9-25(18)24-12)22-10(3)15-13(26)7-6-11(21)17(15)20/h6-10,26H,4-5H2,1-3H3,(H,22,23). The van der Waals surface area contributed by atoms with Crippen molar-refractivity contribution < 1.29 is 19.0 Å².